The van der Waals surface area contributed by atoms with Crippen LogP contribution in [0.3, 0.4) is 0 Å². The van der Waals surface area contributed by atoms with Gasteiger partial charge < -0.3 is 14.8 Å². The zero-order valence-corrected chi connectivity index (χ0v) is 12.6. The predicted octanol–water partition coefficient (Wildman–Crippen LogP) is 4.58. The molecule has 3 rings (SSSR count). The van der Waals surface area contributed by atoms with Crippen molar-refractivity contribution in [3.8, 4) is 11.5 Å². The fourth-order valence-electron chi connectivity index (χ4n) is 3.16. The van der Waals surface area contributed by atoms with Crippen LogP contribution < -0.4 is 14.8 Å². The number of hydrogen-bond acceptors (Lipinski definition) is 3. The minimum absolute atomic E-state index is 0.539. The molecule has 0 aromatic heterocycles. The zero-order chi connectivity index (χ0) is 14.0. The van der Waals surface area contributed by atoms with Crippen molar-refractivity contribution in [3.05, 3.63) is 18.2 Å². The summed E-state index contributed by atoms with van der Waals surface area (Å²) in [7, 11) is 0. The normalized spacial score (nSPS) is 21.5. The van der Waals surface area contributed by atoms with E-state index in [2.05, 4.69) is 17.4 Å². The lowest BCUT2D eigenvalue weighted by atomic mass is 10.0. The van der Waals surface area contributed by atoms with Gasteiger partial charge in [-0.2, -0.15) is 0 Å². The van der Waals surface area contributed by atoms with E-state index in [1.165, 1.54) is 38.5 Å². The highest BCUT2D eigenvalue weighted by Crippen LogP contribution is 2.40. The summed E-state index contributed by atoms with van der Waals surface area (Å²) >= 11 is 0. The molecule has 0 bridgehead atoms. The Kier molecular flexibility index (Phi) is 3.77. The molecule has 1 aliphatic carbocycles. The van der Waals surface area contributed by atoms with Crippen LogP contribution in [0.5, 0.6) is 11.5 Å². The first-order valence-electron chi connectivity index (χ1n) is 7.88. The summed E-state index contributed by atoms with van der Waals surface area (Å²) in [6.07, 6.45) is 8.34. The molecule has 110 valence electrons. The Bertz CT molecular complexity index is 462. The van der Waals surface area contributed by atoms with Crippen LogP contribution in [-0.2, 0) is 0 Å². The number of benzene rings is 1. The van der Waals surface area contributed by atoms with Gasteiger partial charge >= 0.3 is 0 Å². The monoisotopic (exact) mass is 275 g/mol. The largest absolute Gasteiger partial charge is 0.449 e. The maximum atomic E-state index is 5.78. The molecule has 1 fully saturated rings. The van der Waals surface area contributed by atoms with Crippen LogP contribution in [0.1, 0.15) is 52.4 Å². The van der Waals surface area contributed by atoms with E-state index in [0.717, 1.165) is 29.6 Å². The van der Waals surface area contributed by atoms with Crippen LogP contribution in [0.4, 0.5) is 5.69 Å². The van der Waals surface area contributed by atoms with E-state index < -0.39 is 5.79 Å². The summed E-state index contributed by atoms with van der Waals surface area (Å²) in [4.78, 5) is 0. The van der Waals surface area contributed by atoms with Gasteiger partial charge in [-0.3, -0.25) is 0 Å². The Hall–Kier alpha value is -1.38. The standard InChI is InChI=1S/C17H25NO2/c1-17(2)19-15-10-9-14(11-16(15)20-17)18-12-13-7-5-3-4-6-8-13/h9-11,13,18H,3-8,12H2,1-2H3. The van der Waals surface area contributed by atoms with E-state index in [1.807, 2.05) is 19.9 Å². The molecule has 1 heterocycles. The molecule has 0 saturated heterocycles. The molecule has 1 saturated carbocycles. The first-order valence-corrected chi connectivity index (χ1v) is 7.88. The van der Waals surface area contributed by atoms with Gasteiger partial charge in [-0.25, -0.2) is 0 Å². The maximum absolute atomic E-state index is 5.78. The highest BCUT2D eigenvalue weighted by atomic mass is 16.7. The molecular weight excluding hydrogens is 250 g/mol. The van der Waals surface area contributed by atoms with Crippen molar-refractivity contribution < 1.29 is 9.47 Å². The average molecular weight is 275 g/mol. The second kappa shape index (κ2) is 5.55. The second-order valence-corrected chi connectivity index (χ2v) is 6.50. The van der Waals surface area contributed by atoms with Gasteiger partial charge in [0, 0.05) is 32.1 Å². The Morgan fingerprint density at radius 2 is 1.75 bits per heavy atom. The van der Waals surface area contributed by atoms with Crippen LogP contribution in [0.25, 0.3) is 0 Å². The van der Waals surface area contributed by atoms with E-state index in [0.29, 0.717) is 0 Å². The molecule has 0 radical (unpaired) electrons. The SMILES string of the molecule is CC1(C)Oc2ccc(NCC3CCCCCC3)cc2O1. The summed E-state index contributed by atoms with van der Waals surface area (Å²) in [6, 6.07) is 6.14. The quantitative estimate of drug-likeness (QED) is 0.819. The lowest BCUT2D eigenvalue weighted by Gasteiger charge is -2.16. The molecule has 1 N–H and O–H groups in total. The average Bonchev–Trinajstić information content (AvgIpc) is 2.59. The summed E-state index contributed by atoms with van der Waals surface area (Å²) < 4.78 is 11.5. The van der Waals surface area contributed by atoms with Crippen LogP contribution in [0.15, 0.2) is 18.2 Å². The Labute approximate surface area is 121 Å². The van der Waals surface area contributed by atoms with Crippen molar-refractivity contribution in [3.63, 3.8) is 0 Å². The molecular formula is C17H25NO2. The minimum Gasteiger partial charge on any atom is -0.449 e. The predicted molar refractivity (Wildman–Crippen MR) is 81.5 cm³/mol. The first kappa shape index (κ1) is 13.6. The van der Waals surface area contributed by atoms with Gasteiger partial charge in [0.15, 0.2) is 11.5 Å². The molecule has 0 amide bonds. The van der Waals surface area contributed by atoms with Crippen molar-refractivity contribution in [2.45, 2.75) is 58.2 Å². The van der Waals surface area contributed by atoms with Crippen molar-refractivity contribution in [1.82, 2.24) is 0 Å². The molecule has 2 aliphatic rings. The Morgan fingerprint density at radius 1 is 1.05 bits per heavy atom. The van der Waals surface area contributed by atoms with Gasteiger partial charge in [0.1, 0.15) is 0 Å². The smallest absolute Gasteiger partial charge is 0.246 e. The van der Waals surface area contributed by atoms with E-state index in [-0.39, 0.29) is 0 Å². The lowest BCUT2D eigenvalue weighted by molar-refractivity contribution is -0.0431. The number of nitrogens with one attached hydrogen (secondary N) is 1. The number of anilines is 1. The molecule has 0 atom stereocenters. The zero-order valence-electron chi connectivity index (χ0n) is 12.6. The number of hydrogen-bond donors (Lipinski definition) is 1. The van der Waals surface area contributed by atoms with Crippen LogP contribution in [-0.4, -0.2) is 12.3 Å². The van der Waals surface area contributed by atoms with Crippen molar-refractivity contribution in [2.24, 2.45) is 5.92 Å². The Morgan fingerprint density at radius 3 is 2.50 bits per heavy atom. The molecule has 1 aromatic carbocycles. The minimum atomic E-state index is -0.539. The van der Waals surface area contributed by atoms with E-state index in [4.69, 9.17) is 9.47 Å². The van der Waals surface area contributed by atoms with Gasteiger partial charge in [-0.15, -0.1) is 0 Å². The summed E-state index contributed by atoms with van der Waals surface area (Å²) in [5.41, 5.74) is 1.13. The van der Waals surface area contributed by atoms with Gasteiger partial charge in [0.25, 0.3) is 0 Å². The number of fused-ring (bicyclic) bond motifs is 1. The van der Waals surface area contributed by atoms with Crippen molar-refractivity contribution in [2.75, 3.05) is 11.9 Å². The van der Waals surface area contributed by atoms with Gasteiger partial charge in [-0.1, -0.05) is 25.7 Å². The second-order valence-electron chi connectivity index (χ2n) is 6.50. The molecule has 3 nitrogen and oxygen atoms in total. The summed E-state index contributed by atoms with van der Waals surface area (Å²) in [6.45, 7) is 4.94. The highest BCUT2D eigenvalue weighted by molar-refractivity contribution is 5.56. The molecule has 20 heavy (non-hydrogen) atoms. The molecule has 1 aromatic rings. The fourth-order valence-corrected chi connectivity index (χ4v) is 3.16. The van der Waals surface area contributed by atoms with Gasteiger partial charge in [-0.05, 0) is 30.9 Å². The van der Waals surface area contributed by atoms with E-state index in [9.17, 15) is 0 Å². The lowest BCUT2D eigenvalue weighted by Crippen LogP contribution is -2.29. The molecule has 1 aliphatic heterocycles. The highest BCUT2D eigenvalue weighted by Gasteiger charge is 2.31. The third kappa shape index (κ3) is 3.20. The maximum Gasteiger partial charge on any atom is 0.246 e. The number of rotatable bonds is 3. The van der Waals surface area contributed by atoms with Crippen LogP contribution in [0, 0.1) is 5.92 Å². The Balaban J connectivity index is 1.59. The summed E-state index contributed by atoms with van der Waals surface area (Å²) in [5.74, 6) is 1.97. The van der Waals surface area contributed by atoms with E-state index in [1.54, 1.807) is 0 Å². The first-order chi connectivity index (χ1) is 9.62. The fraction of sp³-hybridized carbons (Fsp3) is 0.647. The third-order valence-corrected chi connectivity index (χ3v) is 4.22. The third-order valence-electron chi connectivity index (χ3n) is 4.22. The van der Waals surface area contributed by atoms with Gasteiger partial charge in [0.05, 0.1) is 0 Å². The number of ether oxygens (including phenoxy) is 2. The summed E-state index contributed by atoms with van der Waals surface area (Å²) in [5, 5.41) is 3.56. The van der Waals surface area contributed by atoms with Crippen molar-refractivity contribution >= 4 is 5.69 Å². The molecule has 0 spiro atoms. The van der Waals surface area contributed by atoms with Crippen LogP contribution in [0.2, 0.25) is 0 Å². The van der Waals surface area contributed by atoms with E-state index >= 15 is 0 Å². The molecule has 0 unspecified atom stereocenters. The van der Waals surface area contributed by atoms with Crippen LogP contribution >= 0.6 is 0 Å². The van der Waals surface area contributed by atoms with Gasteiger partial charge in [0.2, 0.25) is 5.79 Å². The van der Waals surface area contributed by atoms with Crippen molar-refractivity contribution in [1.29, 1.82) is 0 Å². The topological polar surface area (TPSA) is 30.5 Å². The molecule has 3 heteroatoms.